The molecular weight excluding hydrogens is 290 g/mol. The molecule has 1 fully saturated rings. The third-order valence-corrected chi connectivity index (χ3v) is 4.40. The average molecular weight is 307 g/mol. The summed E-state index contributed by atoms with van der Waals surface area (Å²) in [5, 5.41) is 0. The topological polar surface area (TPSA) is 62.1 Å². The summed E-state index contributed by atoms with van der Waals surface area (Å²) >= 11 is 0. The molecule has 116 valence electrons. The molecule has 0 saturated heterocycles. The summed E-state index contributed by atoms with van der Waals surface area (Å²) in [6.07, 6.45) is 5.55. The lowest BCUT2D eigenvalue weighted by Gasteiger charge is -2.27. The number of aryl methyl sites for hydroxylation is 1. The number of hydrogen-bond donors (Lipinski definition) is 0. The highest BCUT2D eigenvalue weighted by molar-refractivity contribution is 6.40. The molecule has 0 N–H and O–H groups in total. The molecule has 0 radical (unpaired) electrons. The summed E-state index contributed by atoms with van der Waals surface area (Å²) in [7, 11) is 0. The van der Waals surface area contributed by atoms with Gasteiger partial charge in [-0.3, -0.25) is 9.79 Å². The summed E-state index contributed by atoms with van der Waals surface area (Å²) in [6.45, 7) is 1.92. The van der Waals surface area contributed by atoms with Crippen LogP contribution in [-0.2, 0) is 4.79 Å². The second-order valence-corrected chi connectivity index (χ2v) is 6.38. The number of nitrogens with zero attached hydrogens (tertiary/aromatic N) is 3. The van der Waals surface area contributed by atoms with Gasteiger partial charge in [0.05, 0.1) is 17.0 Å². The highest BCUT2D eigenvalue weighted by Gasteiger charge is 2.36. The third-order valence-electron chi connectivity index (χ3n) is 4.40. The van der Waals surface area contributed by atoms with E-state index in [1.807, 2.05) is 25.1 Å². The molecule has 1 saturated carbocycles. The zero-order valence-corrected chi connectivity index (χ0v) is 13.0. The van der Waals surface area contributed by atoms with Gasteiger partial charge in [0.15, 0.2) is 0 Å². The van der Waals surface area contributed by atoms with Crippen molar-refractivity contribution in [3.63, 3.8) is 0 Å². The molecule has 3 aliphatic rings. The first-order chi connectivity index (χ1) is 11.1. The van der Waals surface area contributed by atoms with Crippen molar-refractivity contribution in [3.05, 3.63) is 41.6 Å². The van der Waals surface area contributed by atoms with Crippen LogP contribution < -0.4 is 4.90 Å². The van der Waals surface area contributed by atoms with Crippen molar-refractivity contribution in [1.82, 2.24) is 0 Å². The molecule has 2 heterocycles. The van der Waals surface area contributed by atoms with Crippen LogP contribution in [0.25, 0.3) is 0 Å². The van der Waals surface area contributed by atoms with Crippen molar-refractivity contribution in [1.29, 1.82) is 0 Å². The molecule has 4 rings (SSSR count). The molecule has 1 aromatic carbocycles. The van der Waals surface area contributed by atoms with Gasteiger partial charge in [0.2, 0.25) is 0 Å². The lowest BCUT2D eigenvalue weighted by Crippen LogP contribution is -2.43. The van der Waals surface area contributed by atoms with Crippen LogP contribution >= 0.6 is 0 Å². The number of anilines is 1. The number of aliphatic imine (C=N–C) groups is 2. The number of urea groups is 1. The van der Waals surface area contributed by atoms with Crippen LogP contribution in [0, 0.1) is 12.8 Å². The SMILES string of the molecule is Cc1cccc(N2C(=O)N=C3CC(CC4CC4)=NC=C3C2=O)c1. The van der Waals surface area contributed by atoms with Gasteiger partial charge in [0.25, 0.3) is 5.91 Å². The fourth-order valence-electron chi connectivity index (χ4n) is 2.99. The predicted octanol–water partition coefficient (Wildman–Crippen LogP) is 3.43. The van der Waals surface area contributed by atoms with E-state index in [1.54, 1.807) is 12.3 Å². The van der Waals surface area contributed by atoms with E-state index < -0.39 is 6.03 Å². The van der Waals surface area contributed by atoms with Gasteiger partial charge in [-0.05, 0) is 49.8 Å². The molecule has 1 aliphatic carbocycles. The van der Waals surface area contributed by atoms with E-state index in [2.05, 4.69) is 9.98 Å². The van der Waals surface area contributed by atoms with Crippen LogP contribution in [0.4, 0.5) is 10.5 Å². The number of fused-ring (bicyclic) bond motifs is 1. The Bertz CT molecular complexity index is 800. The Labute approximate surface area is 134 Å². The lowest BCUT2D eigenvalue weighted by atomic mass is 9.97. The fraction of sp³-hybridized carbons (Fsp3) is 0.333. The molecular formula is C18H17N3O2. The Balaban J connectivity index is 1.67. The Morgan fingerprint density at radius 3 is 2.83 bits per heavy atom. The number of carbonyl (C=O) groups is 2. The Morgan fingerprint density at radius 1 is 1.26 bits per heavy atom. The zero-order chi connectivity index (χ0) is 16.0. The van der Waals surface area contributed by atoms with Crippen LogP contribution in [-0.4, -0.2) is 23.4 Å². The van der Waals surface area contributed by atoms with Gasteiger partial charge in [-0.1, -0.05) is 12.1 Å². The van der Waals surface area contributed by atoms with Crippen LogP contribution in [0.3, 0.4) is 0 Å². The van der Waals surface area contributed by atoms with E-state index in [0.29, 0.717) is 23.4 Å². The van der Waals surface area contributed by atoms with E-state index in [4.69, 9.17) is 0 Å². The van der Waals surface area contributed by atoms with Gasteiger partial charge in [0, 0.05) is 18.3 Å². The van der Waals surface area contributed by atoms with Crippen LogP contribution in [0.5, 0.6) is 0 Å². The third kappa shape index (κ3) is 2.63. The molecule has 2 aliphatic heterocycles. The van der Waals surface area contributed by atoms with Crippen molar-refractivity contribution in [3.8, 4) is 0 Å². The van der Waals surface area contributed by atoms with Gasteiger partial charge < -0.3 is 0 Å². The standard InChI is InChI=1S/C18H17N3O2/c1-11-3-2-4-14(7-11)21-17(22)15-10-19-13(8-12-5-6-12)9-16(15)20-18(21)23/h2-4,7,10,12H,5-6,8-9H2,1H3. The first-order valence-corrected chi connectivity index (χ1v) is 7.90. The largest absolute Gasteiger partial charge is 0.355 e. The molecule has 0 atom stereocenters. The van der Waals surface area contributed by atoms with Gasteiger partial charge >= 0.3 is 6.03 Å². The minimum atomic E-state index is -0.513. The van der Waals surface area contributed by atoms with Crippen molar-refractivity contribution in [2.24, 2.45) is 15.9 Å². The first-order valence-electron chi connectivity index (χ1n) is 7.90. The Hall–Kier alpha value is -2.56. The van der Waals surface area contributed by atoms with E-state index in [9.17, 15) is 9.59 Å². The summed E-state index contributed by atoms with van der Waals surface area (Å²) in [4.78, 5) is 34.8. The van der Waals surface area contributed by atoms with E-state index in [-0.39, 0.29) is 5.91 Å². The first kappa shape index (κ1) is 14.1. The molecule has 0 bridgehead atoms. The molecule has 5 heteroatoms. The minimum absolute atomic E-state index is 0.333. The minimum Gasteiger partial charge on any atom is -0.268 e. The average Bonchev–Trinajstić information content (AvgIpc) is 3.31. The van der Waals surface area contributed by atoms with Gasteiger partial charge in [0.1, 0.15) is 0 Å². The quantitative estimate of drug-likeness (QED) is 0.859. The normalized spacial score (nSPS) is 20.7. The van der Waals surface area contributed by atoms with Crippen molar-refractivity contribution in [2.75, 3.05) is 4.90 Å². The lowest BCUT2D eigenvalue weighted by molar-refractivity contribution is -0.114. The maximum atomic E-state index is 12.7. The van der Waals surface area contributed by atoms with E-state index in [0.717, 1.165) is 28.5 Å². The molecule has 23 heavy (non-hydrogen) atoms. The monoisotopic (exact) mass is 307 g/mol. The van der Waals surface area contributed by atoms with Crippen molar-refractivity contribution < 1.29 is 9.59 Å². The number of hydrogen-bond acceptors (Lipinski definition) is 3. The summed E-state index contributed by atoms with van der Waals surface area (Å²) in [5.41, 5.74) is 3.57. The van der Waals surface area contributed by atoms with E-state index >= 15 is 0 Å². The predicted molar refractivity (Wildman–Crippen MR) is 89.0 cm³/mol. The second kappa shape index (κ2) is 5.26. The molecule has 0 aromatic heterocycles. The molecule has 5 nitrogen and oxygen atoms in total. The Morgan fingerprint density at radius 2 is 2.09 bits per heavy atom. The van der Waals surface area contributed by atoms with Crippen molar-refractivity contribution in [2.45, 2.75) is 32.6 Å². The number of amides is 3. The zero-order valence-electron chi connectivity index (χ0n) is 13.0. The summed E-state index contributed by atoms with van der Waals surface area (Å²) in [5.74, 6) is 0.392. The van der Waals surface area contributed by atoms with Crippen LogP contribution in [0.2, 0.25) is 0 Å². The number of rotatable bonds is 3. The van der Waals surface area contributed by atoms with Gasteiger partial charge in [-0.15, -0.1) is 0 Å². The summed E-state index contributed by atoms with van der Waals surface area (Å²) < 4.78 is 0. The van der Waals surface area contributed by atoms with Gasteiger partial charge in [-0.25, -0.2) is 9.69 Å². The van der Waals surface area contributed by atoms with Gasteiger partial charge in [-0.2, -0.15) is 4.99 Å². The van der Waals surface area contributed by atoms with Crippen LogP contribution in [0.1, 0.15) is 31.2 Å². The highest BCUT2D eigenvalue weighted by Crippen LogP contribution is 2.34. The maximum absolute atomic E-state index is 12.7. The number of imide groups is 1. The molecule has 0 unspecified atom stereocenters. The fourth-order valence-corrected chi connectivity index (χ4v) is 2.99. The number of benzene rings is 1. The highest BCUT2D eigenvalue weighted by atomic mass is 16.2. The summed E-state index contributed by atoms with van der Waals surface area (Å²) in [6, 6.07) is 6.79. The molecule has 1 aromatic rings. The number of carbonyl (C=O) groups excluding carboxylic acids is 2. The van der Waals surface area contributed by atoms with Crippen LogP contribution in [0.15, 0.2) is 46.0 Å². The maximum Gasteiger partial charge on any atom is 0.355 e. The van der Waals surface area contributed by atoms with E-state index in [1.165, 1.54) is 12.8 Å². The second-order valence-electron chi connectivity index (χ2n) is 6.38. The molecule has 0 spiro atoms. The molecule has 3 amide bonds. The Kier molecular flexibility index (Phi) is 3.22. The van der Waals surface area contributed by atoms with Crippen molar-refractivity contribution >= 4 is 29.0 Å². The smallest absolute Gasteiger partial charge is 0.268 e.